The zero-order valence-electron chi connectivity index (χ0n) is 9.09. The van der Waals surface area contributed by atoms with E-state index in [0.717, 1.165) is 0 Å². The third-order valence-electron chi connectivity index (χ3n) is 2.06. The predicted octanol–water partition coefficient (Wildman–Crippen LogP) is 0.346. The number of nitrogens with one attached hydrogen (secondary N) is 1. The van der Waals surface area contributed by atoms with Crippen LogP contribution in [0.4, 0.5) is 11.6 Å². The molecule has 1 heterocycles. The molecule has 0 atom stereocenters. The molecule has 0 spiro atoms. The first-order valence-electron chi connectivity index (χ1n) is 4.85. The van der Waals surface area contributed by atoms with Crippen molar-refractivity contribution in [2.75, 3.05) is 11.3 Å². The van der Waals surface area contributed by atoms with Crippen molar-refractivity contribution in [2.24, 2.45) is 5.10 Å². The molecule has 2 aromatic rings. The Balaban J connectivity index is 2.01. The van der Waals surface area contributed by atoms with Crippen molar-refractivity contribution in [3.8, 4) is 0 Å². The van der Waals surface area contributed by atoms with E-state index in [4.69, 9.17) is 5.84 Å². The van der Waals surface area contributed by atoms with Gasteiger partial charge in [-0.2, -0.15) is 5.10 Å². The number of nitrogens with two attached hydrogens (primary N) is 1. The third-order valence-corrected chi connectivity index (χ3v) is 2.06. The molecule has 0 radical (unpaired) electrons. The number of hydrazone groups is 1. The summed E-state index contributed by atoms with van der Waals surface area (Å²) in [6.07, 6.45) is 2.81. The van der Waals surface area contributed by atoms with Crippen molar-refractivity contribution in [3.63, 3.8) is 0 Å². The van der Waals surface area contributed by atoms with Crippen LogP contribution in [0.2, 0.25) is 0 Å². The van der Waals surface area contributed by atoms with Gasteiger partial charge in [-0.15, -0.1) is 10.2 Å². The second-order valence-corrected chi connectivity index (χ2v) is 3.28. The van der Waals surface area contributed by atoms with Crippen molar-refractivity contribution in [1.82, 2.24) is 14.9 Å². The summed E-state index contributed by atoms with van der Waals surface area (Å²) in [6.45, 7) is 0. The first kappa shape index (κ1) is 11.5. The van der Waals surface area contributed by atoms with Crippen molar-refractivity contribution < 1.29 is 4.92 Å². The molecule has 92 valence electrons. The number of nitro benzene ring substituents is 1. The number of anilines is 1. The molecule has 1 aromatic carbocycles. The number of non-ortho nitro benzene ring substituents is 1. The van der Waals surface area contributed by atoms with Gasteiger partial charge in [0.2, 0.25) is 0 Å². The Bertz CT molecular complexity index is 575. The summed E-state index contributed by atoms with van der Waals surface area (Å²) < 4.78 is 1.17. The fraction of sp³-hybridized carbons (Fsp3) is 0. The molecular formula is C9H9N7O2. The smallest absolute Gasteiger partial charge is 0.269 e. The summed E-state index contributed by atoms with van der Waals surface area (Å²) in [5.74, 6) is 5.74. The fourth-order valence-corrected chi connectivity index (χ4v) is 1.17. The highest BCUT2D eigenvalue weighted by Crippen LogP contribution is 2.10. The normalized spacial score (nSPS) is 10.7. The molecule has 3 N–H and O–H groups in total. The van der Waals surface area contributed by atoms with Crippen LogP contribution in [0.1, 0.15) is 5.56 Å². The van der Waals surface area contributed by atoms with Crippen molar-refractivity contribution >= 4 is 17.9 Å². The molecule has 9 nitrogen and oxygen atoms in total. The molecule has 1 aromatic heterocycles. The Labute approximate surface area is 101 Å². The summed E-state index contributed by atoms with van der Waals surface area (Å²) in [4.78, 5) is 9.98. The SMILES string of the molecule is Nn1cnnc1NN=Cc1ccc([N+](=O)[O-])cc1. The average molecular weight is 247 g/mol. The molecule has 0 amide bonds. The number of aromatic nitrogens is 3. The summed E-state index contributed by atoms with van der Waals surface area (Å²) in [5.41, 5.74) is 3.31. The van der Waals surface area contributed by atoms with Crippen molar-refractivity contribution in [2.45, 2.75) is 0 Å². The van der Waals surface area contributed by atoms with Crippen LogP contribution >= 0.6 is 0 Å². The van der Waals surface area contributed by atoms with Gasteiger partial charge in [0, 0.05) is 12.1 Å². The number of benzene rings is 1. The van der Waals surface area contributed by atoms with Gasteiger partial charge in [-0.25, -0.2) is 10.1 Å². The van der Waals surface area contributed by atoms with Crippen LogP contribution in [-0.2, 0) is 0 Å². The largest absolute Gasteiger partial charge is 0.335 e. The Hall–Kier alpha value is -2.97. The highest BCUT2D eigenvalue weighted by molar-refractivity contribution is 5.80. The van der Waals surface area contributed by atoms with Crippen LogP contribution in [0.5, 0.6) is 0 Å². The summed E-state index contributed by atoms with van der Waals surface area (Å²) >= 11 is 0. The summed E-state index contributed by atoms with van der Waals surface area (Å²) in [7, 11) is 0. The second-order valence-electron chi connectivity index (χ2n) is 3.28. The topological polar surface area (TPSA) is 124 Å². The molecule has 0 aliphatic rings. The maximum absolute atomic E-state index is 10.4. The van der Waals surface area contributed by atoms with Gasteiger partial charge < -0.3 is 5.84 Å². The quantitative estimate of drug-likeness (QED) is 0.347. The molecule has 0 fully saturated rings. The highest BCUT2D eigenvalue weighted by atomic mass is 16.6. The molecule has 2 rings (SSSR count). The van der Waals surface area contributed by atoms with Gasteiger partial charge >= 0.3 is 0 Å². The van der Waals surface area contributed by atoms with E-state index in [-0.39, 0.29) is 11.6 Å². The maximum atomic E-state index is 10.4. The molecule has 0 bridgehead atoms. The maximum Gasteiger partial charge on any atom is 0.269 e. The van der Waals surface area contributed by atoms with E-state index in [2.05, 4.69) is 20.7 Å². The molecular weight excluding hydrogens is 238 g/mol. The van der Waals surface area contributed by atoms with E-state index in [9.17, 15) is 10.1 Å². The first-order chi connectivity index (χ1) is 8.66. The van der Waals surface area contributed by atoms with Gasteiger partial charge in [0.25, 0.3) is 11.6 Å². The van der Waals surface area contributed by atoms with E-state index in [1.807, 2.05) is 0 Å². The van der Waals surface area contributed by atoms with Gasteiger partial charge in [0.05, 0.1) is 11.1 Å². The predicted molar refractivity (Wildman–Crippen MR) is 64.5 cm³/mol. The van der Waals surface area contributed by atoms with Crippen LogP contribution < -0.4 is 11.3 Å². The van der Waals surface area contributed by atoms with E-state index >= 15 is 0 Å². The Morgan fingerprint density at radius 1 is 1.44 bits per heavy atom. The molecule has 0 saturated heterocycles. The lowest BCUT2D eigenvalue weighted by molar-refractivity contribution is -0.384. The molecule has 0 unspecified atom stereocenters. The van der Waals surface area contributed by atoms with Crippen molar-refractivity contribution in [1.29, 1.82) is 0 Å². The summed E-state index contributed by atoms with van der Waals surface area (Å²) in [6, 6.07) is 5.95. The van der Waals surface area contributed by atoms with Crippen LogP contribution in [0.25, 0.3) is 0 Å². The van der Waals surface area contributed by atoms with Crippen LogP contribution in [-0.4, -0.2) is 26.0 Å². The van der Waals surface area contributed by atoms with Crippen LogP contribution in [0.15, 0.2) is 35.7 Å². The van der Waals surface area contributed by atoms with Gasteiger partial charge in [0.1, 0.15) is 6.33 Å². The number of rotatable bonds is 4. The fourth-order valence-electron chi connectivity index (χ4n) is 1.17. The Morgan fingerprint density at radius 2 is 2.17 bits per heavy atom. The van der Waals surface area contributed by atoms with Gasteiger partial charge in [-0.1, -0.05) is 0 Å². The lowest BCUT2D eigenvalue weighted by Gasteiger charge is -1.97. The molecule has 0 saturated carbocycles. The lowest BCUT2D eigenvalue weighted by atomic mass is 10.2. The number of nitro groups is 1. The zero-order chi connectivity index (χ0) is 13.0. The zero-order valence-corrected chi connectivity index (χ0v) is 9.09. The van der Waals surface area contributed by atoms with E-state index in [0.29, 0.717) is 5.56 Å². The van der Waals surface area contributed by atoms with Crippen molar-refractivity contribution in [3.05, 3.63) is 46.3 Å². The minimum Gasteiger partial charge on any atom is -0.335 e. The molecule has 0 aliphatic carbocycles. The van der Waals surface area contributed by atoms with Gasteiger partial charge in [0.15, 0.2) is 0 Å². The average Bonchev–Trinajstić information content (AvgIpc) is 2.76. The number of hydrogen-bond donors (Lipinski definition) is 2. The second kappa shape index (κ2) is 4.91. The molecule has 9 heteroatoms. The number of nitrogens with zero attached hydrogens (tertiary/aromatic N) is 5. The van der Waals surface area contributed by atoms with E-state index in [1.165, 1.54) is 29.4 Å². The Morgan fingerprint density at radius 3 is 2.72 bits per heavy atom. The third kappa shape index (κ3) is 2.58. The first-order valence-corrected chi connectivity index (χ1v) is 4.85. The minimum absolute atomic E-state index is 0.0295. The monoisotopic (exact) mass is 247 g/mol. The van der Waals surface area contributed by atoms with Gasteiger partial charge in [-0.05, 0) is 17.7 Å². The lowest BCUT2D eigenvalue weighted by Crippen LogP contribution is -2.10. The molecule has 0 aliphatic heterocycles. The van der Waals surface area contributed by atoms with E-state index < -0.39 is 4.92 Å². The Kier molecular flexibility index (Phi) is 3.14. The standard InChI is InChI=1S/C9H9N7O2/c10-15-6-12-14-9(15)13-11-5-7-1-3-8(4-2-7)16(17)18/h1-6H,10H2,(H,13,14). The minimum atomic E-state index is -0.462. The number of nitrogen functional groups attached to an aromatic ring is 1. The van der Waals surface area contributed by atoms with Crippen LogP contribution in [0.3, 0.4) is 0 Å². The van der Waals surface area contributed by atoms with E-state index in [1.54, 1.807) is 12.1 Å². The molecule has 18 heavy (non-hydrogen) atoms. The highest BCUT2D eigenvalue weighted by Gasteiger charge is 2.02. The summed E-state index contributed by atoms with van der Waals surface area (Å²) in [5, 5.41) is 21.5. The van der Waals surface area contributed by atoms with Gasteiger partial charge in [-0.3, -0.25) is 10.1 Å². The number of hydrogen-bond acceptors (Lipinski definition) is 7. The van der Waals surface area contributed by atoms with Crippen LogP contribution in [0, 0.1) is 10.1 Å².